The molecule has 1 aliphatic heterocycles. The van der Waals surface area contributed by atoms with Crippen molar-refractivity contribution in [3.63, 3.8) is 0 Å². The van der Waals surface area contributed by atoms with Crippen LogP contribution in [0.3, 0.4) is 0 Å². The van der Waals surface area contributed by atoms with E-state index in [9.17, 15) is 0 Å². The molecule has 20 heavy (non-hydrogen) atoms. The van der Waals surface area contributed by atoms with Crippen molar-refractivity contribution in [2.24, 2.45) is 0 Å². The predicted molar refractivity (Wildman–Crippen MR) is 81.4 cm³/mol. The summed E-state index contributed by atoms with van der Waals surface area (Å²) in [5, 5.41) is 7.65. The molecule has 2 heterocycles. The Hall–Kier alpha value is -1.20. The van der Waals surface area contributed by atoms with E-state index in [4.69, 9.17) is 4.52 Å². The monoisotopic (exact) mass is 335 g/mol. The van der Waals surface area contributed by atoms with Gasteiger partial charge in [0.25, 0.3) is 5.89 Å². The summed E-state index contributed by atoms with van der Waals surface area (Å²) in [5.74, 6) is 1.36. The van der Waals surface area contributed by atoms with Gasteiger partial charge in [-0.15, -0.1) is 0 Å². The van der Waals surface area contributed by atoms with Crippen LogP contribution in [-0.2, 0) is 0 Å². The quantitative estimate of drug-likeness (QED) is 0.900. The second-order valence-electron chi connectivity index (χ2n) is 5.25. The summed E-state index contributed by atoms with van der Waals surface area (Å²) in [5.41, 5.74) is 2.12. The van der Waals surface area contributed by atoms with Gasteiger partial charge in [-0.05, 0) is 53.9 Å². The Balaban J connectivity index is 1.87. The van der Waals surface area contributed by atoms with Crippen molar-refractivity contribution in [3.05, 3.63) is 34.1 Å². The van der Waals surface area contributed by atoms with Gasteiger partial charge in [-0.25, -0.2) is 0 Å². The molecule has 0 spiro atoms. The first kappa shape index (κ1) is 13.8. The second kappa shape index (κ2) is 6.06. The van der Waals surface area contributed by atoms with Crippen LogP contribution in [0.1, 0.15) is 43.1 Å². The first-order chi connectivity index (χ1) is 9.75. The molecule has 1 aromatic carbocycles. The van der Waals surface area contributed by atoms with E-state index in [1.54, 1.807) is 0 Å². The number of aromatic nitrogens is 2. The summed E-state index contributed by atoms with van der Waals surface area (Å²) in [6.45, 7) is 3.08. The average molecular weight is 336 g/mol. The zero-order valence-corrected chi connectivity index (χ0v) is 13.1. The number of aryl methyl sites for hydroxylation is 1. The third kappa shape index (κ3) is 2.79. The molecule has 4 nitrogen and oxygen atoms in total. The van der Waals surface area contributed by atoms with Crippen molar-refractivity contribution >= 4 is 15.9 Å². The number of halogens is 1. The third-order valence-electron chi connectivity index (χ3n) is 3.74. The lowest BCUT2D eigenvalue weighted by atomic mass is 10.1. The van der Waals surface area contributed by atoms with Crippen LogP contribution in [-0.4, -0.2) is 16.7 Å². The van der Waals surface area contributed by atoms with Gasteiger partial charge in [0.2, 0.25) is 0 Å². The molecule has 1 N–H and O–H groups in total. The van der Waals surface area contributed by atoms with Crippen LogP contribution in [0.4, 0.5) is 0 Å². The third-order valence-corrected chi connectivity index (χ3v) is 4.79. The molecule has 0 radical (unpaired) electrons. The molecule has 3 rings (SSSR count). The van der Waals surface area contributed by atoms with Gasteiger partial charge in [-0.3, -0.25) is 0 Å². The normalized spacial score (nSPS) is 19.8. The van der Waals surface area contributed by atoms with E-state index < -0.39 is 0 Å². The zero-order chi connectivity index (χ0) is 13.9. The highest BCUT2D eigenvalue weighted by Gasteiger charge is 2.20. The first-order valence-electron chi connectivity index (χ1n) is 7.08. The Kier molecular flexibility index (Phi) is 4.17. The smallest absolute Gasteiger partial charge is 0.259 e. The minimum atomic E-state index is 0.221. The van der Waals surface area contributed by atoms with E-state index >= 15 is 0 Å². The average Bonchev–Trinajstić information content (AvgIpc) is 2.77. The number of hydrogen-bond acceptors (Lipinski definition) is 4. The largest absolute Gasteiger partial charge is 0.334 e. The molecule has 0 saturated carbocycles. The van der Waals surface area contributed by atoms with Crippen LogP contribution in [0.5, 0.6) is 0 Å². The number of nitrogens with zero attached hydrogens (tertiary/aromatic N) is 2. The summed E-state index contributed by atoms with van der Waals surface area (Å²) in [7, 11) is 0. The van der Waals surface area contributed by atoms with Gasteiger partial charge in [0.05, 0.1) is 11.6 Å². The maximum absolute atomic E-state index is 5.45. The lowest BCUT2D eigenvalue weighted by molar-refractivity contribution is 0.402. The molecule has 106 valence electrons. The summed E-state index contributed by atoms with van der Waals surface area (Å²) < 4.78 is 6.47. The minimum absolute atomic E-state index is 0.221. The maximum atomic E-state index is 5.45. The molecular formula is C15H18BrN3O. The fourth-order valence-corrected chi connectivity index (χ4v) is 2.98. The molecule has 1 aromatic heterocycles. The van der Waals surface area contributed by atoms with Crippen LogP contribution < -0.4 is 5.32 Å². The number of benzene rings is 1. The lowest BCUT2D eigenvalue weighted by Crippen LogP contribution is -2.21. The Bertz CT molecular complexity index is 589. The van der Waals surface area contributed by atoms with Crippen LogP contribution in [0, 0.1) is 6.92 Å². The van der Waals surface area contributed by atoms with Crippen LogP contribution in [0.25, 0.3) is 11.5 Å². The molecule has 1 aliphatic rings. The van der Waals surface area contributed by atoms with E-state index in [1.165, 1.54) is 19.3 Å². The minimum Gasteiger partial charge on any atom is -0.334 e. The van der Waals surface area contributed by atoms with Gasteiger partial charge in [-0.1, -0.05) is 30.1 Å². The lowest BCUT2D eigenvalue weighted by Gasteiger charge is -2.10. The van der Waals surface area contributed by atoms with Crippen molar-refractivity contribution in [2.75, 3.05) is 6.54 Å². The van der Waals surface area contributed by atoms with Crippen molar-refractivity contribution in [2.45, 2.75) is 38.6 Å². The van der Waals surface area contributed by atoms with Gasteiger partial charge < -0.3 is 9.84 Å². The molecule has 0 amide bonds. The molecule has 1 unspecified atom stereocenters. The van der Waals surface area contributed by atoms with E-state index in [2.05, 4.69) is 44.4 Å². The SMILES string of the molecule is Cc1cccc(-c2nc(C3CCCCCN3)no2)c1Br. The molecule has 2 aromatic rings. The second-order valence-corrected chi connectivity index (χ2v) is 6.04. The molecule has 0 aliphatic carbocycles. The van der Waals surface area contributed by atoms with E-state index in [-0.39, 0.29) is 6.04 Å². The van der Waals surface area contributed by atoms with Crippen molar-refractivity contribution < 1.29 is 4.52 Å². The Morgan fingerprint density at radius 2 is 2.20 bits per heavy atom. The van der Waals surface area contributed by atoms with Crippen LogP contribution >= 0.6 is 15.9 Å². The topological polar surface area (TPSA) is 51.0 Å². The van der Waals surface area contributed by atoms with Crippen molar-refractivity contribution in [1.29, 1.82) is 0 Å². The maximum Gasteiger partial charge on any atom is 0.259 e. The Morgan fingerprint density at radius 3 is 3.10 bits per heavy atom. The summed E-state index contributed by atoms with van der Waals surface area (Å²) in [6, 6.07) is 6.27. The van der Waals surface area contributed by atoms with Crippen LogP contribution in [0.15, 0.2) is 27.2 Å². The van der Waals surface area contributed by atoms with Gasteiger partial charge in [0.1, 0.15) is 0 Å². The highest BCUT2D eigenvalue weighted by molar-refractivity contribution is 9.10. The standard InChI is InChI=1S/C15H18BrN3O/c1-10-6-5-7-11(13(10)16)15-18-14(19-20-15)12-8-3-2-4-9-17-12/h5-7,12,17H,2-4,8-9H2,1H3. The van der Waals surface area contributed by atoms with Crippen molar-refractivity contribution in [3.8, 4) is 11.5 Å². The van der Waals surface area contributed by atoms with Gasteiger partial charge in [-0.2, -0.15) is 4.98 Å². The molecule has 1 atom stereocenters. The number of rotatable bonds is 2. The molecule has 1 saturated heterocycles. The number of hydrogen-bond donors (Lipinski definition) is 1. The van der Waals surface area contributed by atoms with Crippen molar-refractivity contribution in [1.82, 2.24) is 15.5 Å². The summed E-state index contributed by atoms with van der Waals surface area (Å²) in [6.07, 6.45) is 4.80. The highest BCUT2D eigenvalue weighted by atomic mass is 79.9. The van der Waals surface area contributed by atoms with E-state index in [0.717, 1.165) is 34.4 Å². The van der Waals surface area contributed by atoms with E-state index in [1.807, 2.05) is 12.1 Å². The summed E-state index contributed by atoms with van der Waals surface area (Å²) in [4.78, 5) is 4.58. The zero-order valence-electron chi connectivity index (χ0n) is 11.5. The van der Waals surface area contributed by atoms with Gasteiger partial charge >= 0.3 is 0 Å². The van der Waals surface area contributed by atoms with Gasteiger partial charge in [0, 0.05) is 4.47 Å². The molecule has 5 heteroatoms. The fraction of sp³-hybridized carbons (Fsp3) is 0.467. The highest BCUT2D eigenvalue weighted by Crippen LogP contribution is 2.30. The summed E-state index contributed by atoms with van der Waals surface area (Å²) >= 11 is 3.59. The first-order valence-corrected chi connectivity index (χ1v) is 7.87. The van der Waals surface area contributed by atoms with Gasteiger partial charge in [0.15, 0.2) is 5.82 Å². The van der Waals surface area contributed by atoms with E-state index in [0.29, 0.717) is 5.89 Å². The molecule has 0 bridgehead atoms. The molecule has 1 fully saturated rings. The predicted octanol–water partition coefficient (Wildman–Crippen LogP) is 4.01. The fourth-order valence-electron chi connectivity index (χ4n) is 2.55. The number of nitrogens with one attached hydrogen (secondary N) is 1. The Morgan fingerprint density at radius 1 is 1.30 bits per heavy atom. The molecular weight excluding hydrogens is 318 g/mol. The van der Waals surface area contributed by atoms with Crippen LogP contribution in [0.2, 0.25) is 0 Å². The Labute approximate surface area is 127 Å².